The highest BCUT2D eigenvalue weighted by Crippen LogP contribution is 2.43. The predicted molar refractivity (Wildman–Crippen MR) is 140 cm³/mol. The fourth-order valence-electron chi connectivity index (χ4n) is 4.37. The van der Waals surface area contributed by atoms with E-state index < -0.39 is 29.5 Å². The molecule has 9 heteroatoms. The molecule has 0 saturated carbocycles. The summed E-state index contributed by atoms with van der Waals surface area (Å²) in [5.41, 5.74) is 2.65. The van der Waals surface area contributed by atoms with Crippen molar-refractivity contribution in [3.63, 3.8) is 0 Å². The van der Waals surface area contributed by atoms with E-state index in [1.165, 1.54) is 31.3 Å². The molecule has 3 aromatic carbocycles. The molecule has 3 aromatic rings. The first kappa shape index (κ1) is 26.3. The third-order valence-electron chi connectivity index (χ3n) is 6.23. The van der Waals surface area contributed by atoms with Crippen LogP contribution in [0.5, 0.6) is 5.75 Å². The molecule has 1 aliphatic rings. The lowest BCUT2D eigenvalue weighted by molar-refractivity contribution is -0.140. The topological polar surface area (TPSA) is 93.1 Å². The molecular formula is C28H23Cl2NO6. The molecule has 1 N–H and O–H groups in total. The number of ketones is 1. The van der Waals surface area contributed by atoms with E-state index in [0.29, 0.717) is 16.7 Å². The zero-order valence-corrected chi connectivity index (χ0v) is 21.8. The summed E-state index contributed by atoms with van der Waals surface area (Å²) in [7, 11) is 2.70. The van der Waals surface area contributed by atoms with Crippen molar-refractivity contribution in [3.05, 3.63) is 104 Å². The molecule has 0 spiro atoms. The number of amides is 1. The Morgan fingerprint density at radius 3 is 2.16 bits per heavy atom. The molecular weight excluding hydrogens is 517 g/mol. The van der Waals surface area contributed by atoms with Crippen molar-refractivity contribution in [2.24, 2.45) is 0 Å². The SMILES string of the molecule is COC(=O)c1ccc(CN2C(=O)C(=O)/C(=C(/O)c3cc(Cl)c(OC)c(Cl)c3)C2c2ccccc2C)cc1. The van der Waals surface area contributed by atoms with Crippen molar-refractivity contribution in [1.29, 1.82) is 0 Å². The molecule has 1 atom stereocenters. The van der Waals surface area contributed by atoms with Gasteiger partial charge in [-0.1, -0.05) is 59.6 Å². The van der Waals surface area contributed by atoms with Crippen molar-refractivity contribution >= 4 is 46.6 Å². The number of nitrogens with zero attached hydrogens (tertiary/aromatic N) is 1. The number of aryl methyl sites for hydroxylation is 1. The summed E-state index contributed by atoms with van der Waals surface area (Å²) < 4.78 is 9.91. The van der Waals surface area contributed by atoms with Crippen LogP contribution in [0.25, 0.3) is 5.76 Å². The second kappa shape index (κ2) is 10.7. The highest BCUT2D eigenvalue weighted by atomic mass is 35.5. The fourth-order valence-corrected chi connectivity index (χ4v) is 5.01. The Kier molecular flexibility index (Phi) is 7.57. The van der Waals surface area contributed by atoms with E-state index in [2.05, 4.69) is 0 Å². The minimum Gasteiger partial charge on any atom is -0.507 e. The van der Waals surface area contributed by atoms with Crippen LogP contribution in [0.3, 0.4) is 0 Å². The molecule has 4 rings (SSSR count). The summed E-state index contributed by atoms with van der Waals surface area (Å²) in [5, 5.41) is 11.6. The molecule has 0 aromatic heterocycles. The third-order valence-corrected chi connectivity index (χ3v) is 6.79. The second-order valence-electron chi connectivity index (χ2n) is 8.45. The van der Waals surface area contributed by atoms with Crippen molar-refractivity contribution < 1.29 is 29.0 Å². The average molecular weight is 540 g/mol. The molecule has 7 nitrogen and oxygen atoms in total. The number of benzene rings is 3. The van der Waals surface area contributed by atoms with E-state index in [9.17, 15) is 19.5 Å². The van der Waals surface area contributed by atoms with Gasteiger partial charge < -0.3 is 19.5 Å². The van der Waals surface area contributed by atoms with E-state index in [1.54, 1.807) is 36.4 Å². The summed E-state index contributed by atoms with van der Waals surface area (Å²) in [6.45, 7) is 1.92. The first-order valence-electron chi connectivity index (χ1n) is 11.2. The number of halogens is 2. The van der Waals surface area contributed by atoms with Gasteiger partial charge in [-0.15, -0.1) is 0 Å². The molecule has 1 fully saturated rings. The summed E-state index contributed by atoms with van der Waals surface area (Å²) in [6.07, 6.45) is 0. The molecule has 1 saturated heterocycles. The number of rotatable bonds is 6. The number of hydrogen-bond donors (Lipinski definition) is 1. The van der Waals surface area contributed by atoms with Crippen LogP contribution in [0.2, 0.25) is 10.0 Å². The van der Waals surface area contributed by atoms with Gasteiger partial charge in [-0.2, -0.15) is 0 Å². The minimum absolute atomic E-state index is 0.0614. The van der Waals surface area contributed by atoms with E-state index in [-0.39, 0.29) is 33.5 Å². The average Bonchev–Trinajstić information content (AvgIpc) is 3.13. The maximum atomic E-state index is 13.3. The van der Waals surface area contributed by atoms with Crippen molar-refractivity contribution in [1.82, 2.24) is 4.90 Å². The van der Waals surface area contributed by atoms with Gasteiger partial charge in [-0.25, -0.2) is 4.79 Å². The number of ether oxygens (including phenoxy) is 2. The number of likely N-dealkylation sites (tertiary alicyclic amines) is 1. The maximum Gasteiger partial charge on any atom is 0.337 e. The zero-order chi connectivity index (χ0) is 26.9. The number of methoxy groups -OCH3 is 2. The summed E-state index contributed by atoms with van der Waals surface area (Å²) in [4.78, 5) is 39.8. The molecule has 1 heterocycles. The van der Waals surface area contributed by atoms with Gasteiger partial charge in [-0.3, -0.25) is 9.59 Å². The van der Waals surface area contributed by atoms with Crippen LogP contribution in [-0.4, -0.2) is 41.9 Å². The van der Waals surface area contributed by atoms with Gasteiger partial charge in [0.05, 0.1) is 41.4 Å². The van der Waals surface area contributed by atoms with E-state index in [0.717, 1.165) is 5.56 Å². The lowest BCUT2D eigenvalue weighted by atomic mass is 9.92. The lowest BCUT2D eigenvalue weighted by Crippen LogP contribution is -2.29. The molecule has 1 aliphatic heterocycles. The van der Waals surface area contributed by atoms with Crippen molar-refractivity contribution in [2.75, 3.05) is 14.2 Å². The smallest absolute Gasteiger partial charge is 0.337 e. The van der Waals surface area contributed by atoms with Gasteiger partial charge in [0.2, 0.25) is 0 Å². The Morgan fingerprint density at radius 1 is 0.973 bits per heavy atom. The third kappa shape index (κ3) is 4.92. The van der Waals surface area contributed by atoms with Crippen LogP contribution in [-0.2, 0) is 20.9 Å². The Bertz CT molecular complexity index is 1410. The Hall–Kier alpha value is -3.81. The molecule has 0 radical (unpaired) electrons. The normalized spacial score (nSPS) is 16.7. The standard InChI is InChI=1S/C28H23Cl2NO6/c1-15-6-4-5-7-19(15)23-22(24(32)18-12-20(29)26(36-2)21(30)13-18)25(33)27(34)31(23)14-16-8-10-17(11-9-16)28(35)37-3/h4-13,23,32H,14H2,1-3H3/b24-22+. The molecule has 37 heavy (non-hydrogen) atoms. The molecule has 1 amide bonds. The van der Waals surface area contributed by atoms with Gasteiger partial charge in [0.15, 0.2) is 5.75 Å². The number of carbonyl (C=O) groups is 3. The van der Waals surface area contributed by atoms with E-state index in [1.807, 2.05) is 19.1 Å². The van der Waals surface area contributed by atoms with Crippen LogP contribution >= 0.6 is 23.2 Å². The maximum absolute atomic E-state index is 13.3. The zero-order valence-electron chi connectivity index (χ0n) is 20.2. The molecule has 0 bridgehead atoms. The first-order chi connectivity index (χ1) is 17.7. The Morgan fingerprint density at radius 2 is 1.59 bits per heavy atom. The summed E-state index contributed by atoms with van der Waals surface area (Å²) >= 11 is 12.5. The fraction of sp³-hybridized carbons (Fsp3) is 0.179. The highest BCUT2D eigenvalue weighted by molar-refractivity contribution is 6.46. The van der Waals surface area contributed by atoms with Crippen LogP contribution in [0.1, 0.15) is 38.7 Å². The number of Topliss-reactive ketones (excluding diaryl/α,β-unsaturated/α-hetero) is 1. The van der Waals surface area contributed by atoms with E-state index in [4.69, 9.17) is 32.7 Å². The molecule has 190 valence electrons. The Balaban J connectivity index is 1.84. The number of aliphatic hydroxyl groups excluding tert-OH is 1. The minimum atomic E-state index is -0.874. The number of esters is 1. The molecule has 1 unspecified atom stereocenters. The quantitative estimate of drug-likeness (QED) is 0.186. The number of aliphatic hydroxyl groups is 1. The van der Waals surface area contributed by atoms with Crippen LogP contribution in [0, 0.1) is 6.92 Å². The van der Waals surface area contributed by atoms with Crippen molar-refractivity contribution in [3.8, 4) is 5.75 Å². The van der Waals surface area contributed by atoms with Crippen LogP contribution in [0.15, 0.2) is 66.2 Å². The Labute approximate surface area is 223 Å². The van der Waals surface area contributed by atoms with Gasteiger partial charge >= 0.3 is 5.97 Å². The summed E-state index contributed by atoms with van der Waals surface area (Å²) in [5.74, 6) is -2.26. The van der Waals surface area contributed by atoms with Gasteiger partial charge in [0.1, 0.15) is 5.76 Å². The van der Waals surface area contributed by atoms with Gasteiger partial charge in [0.25, 0.3) is 11.7 Å². The van der Waals surface area contributed by atoms with E-state index >= 15 is 0 Å². The van der Waals surface area contributed by atoms with Crippen LogP contribution in [0.4, 0.5) is 0 Å². The second-order valence-corrected chi connectivity index (χ2v) is 9.26. The van der Waals surface area contributed by atoms with Gasteiger partial charge in [0, 0.05) is 12.1 Å². The van der Waals surface area contributed by atoms with Gasteiger partial charge in [-0.05, 0) is 47.9 Å². The van der Waals surface area contributed by atoms with Crippen LogP contribution < -0.4 is 4.74 Å². The number of carbonyl (C=O) groups excluding carboxylic acids is 3. The van der Waals surface area contributed by atoms with Crippen molar-refractivity contribution in [2.45, 2.75) is 19.5 Å². The first-order valence-corrected chi connectivity index (χ1v) is 12.0. The number of hydrogen-bond acceptors (Lipinski definition) is 6. The largest absolute Gasteiger partial charge is 0.507 e. The lowest BCUT2D eigenvalue weighted by Gasteiger charge is -2.26. The molecule has 0 aliphatic carbocycles. The highest BCUT2D eigenvalue weighted by Gasteiger charge is 2.46. The monoisotopic (exact) mass is 539 g/mol. The summed E-state index contributed by atoms with van der Waals surface area (Å²) in [6, 6.07) is 15.8. The predicted octanol–water partition coefficient (Wildman–Crippen LogP) is 5.72.